The molecule has 7 heteroatoms. The first-order valence-electron chi connectivity index (χ1n) is 11.3. The van der Waals surface area contributed by atoms with E-state index in [9.17, 15) is 19.8 Å². The number of ketones is 1. The number of aromatic hydroxyl groups is 1. The number of rotatable bonds is 8. The van der Waals surface area contributed by atoms with Crippen molar-refractivity contribution in [2.75, 3.05) is 27.2 Å². The van der Waals surface area contributed by atoms with Crippen LogP contribution in [0.1, 0.15) is 22.7 Å². The molecular formula is C28H28N2O5. The van der Waals surface area contributed by atoms with Gasteiger partial charge in [0.1, 0.15) is 23.9 Å². The molecule has 1 atom stereocenters. The number of hydrogen-bond donors (Lipinski definition) is 2. The zero-order chi connectivity index (χ0) is 24.9. The van der Waals surface area contributed by atoms with E-state index in [0.29, 0.717) is 36.6 Å². The standard InChI is InChI=1S/C28H28N2O5/c1-29(2)16-17-30-25(20-8-12-22(31)13-9-20)24(27(33)28(30)34)26(32)21-10-14-23(15-11-21)35-18-19-6-4-3-5-7-19/h3-15,25,31-32H,16-18H2,1-2H3/b26-24+/t25-/m0/s1. The van der Waals surface area contributed by atoms with Crippen LogP contribution in [-0.2, 0) is 16.2 Å². The highest BCUT2D eigenvalue weighted by atomic mass is 16.5. The van der Waals surface area contributed by atoms with Gasteiger partial charge in [-0.2, -0.15) is 0 Å². The van der Waals surface area contributed by atoms with E-state index >= 15 is 0 Å². The second-order valence-electron chi connectivity index (χ2n) is 8.69. The summed E-state index contributed by atoms with van der Waals surface area (Å²) in [5.41, 5.74) is 2.10. The summed E-state index contributed by atoms with van der Waals surface area (Å²) < 4.78 is 5.81. The predicted octanol–water partition coefficient (Wildman–Crippen LogP) is 3.95. The lowest BCUT2D eigenvalue weighted by Crippen LogP contribution is -2.35. The van der Waals surface area contributed by atoms with Crippen LogP contribution in [0.25, 0.3) is 5.76 Å². The maximum atomic E-state index is 13.1. The molecule has 35 heavy (non-hydrogen) atoms. The van der Waals surface area contributed by atoms with Crippen LogP contribution in [0.15, 0.2) is 84.4 Å². The van der Waals surface area contributed by atoms with Gasteiger partial charge in [0.05, 0.1) is 11.6 Å². The van der Waals surface area contributed by atoms with Crippen molar-refractivity contribution in [3.63, 3.8) is 0 Å². The van der Waals surface area contributed by atoms with E-state index in [1.807, 2.05) is 49.3 Å². The van der Waals surface area contributed by atoms with Crippen LogP contribution < -0.4 is 4.74 Å². The van der Waals surface area contributed by atoms with E-state index in [1.54, 1.807) is 36.4 Å². The van der Waals surface area contributed by atoms with Gasteiger partial charge in [-0.1, -0.05) is 42.5 Å². The van der Waals surface area contributed by atoms with Gasteiger partial charge in [-0.05, 0) is 61.6 Å². The van der Waals surface area contributed by atoms with Crippen molar-refractivity contribution >= 4 is 17.4 Å². The Hall–Kier alpha value is -4.10. The molecule has 0 aliphatic carbocycles. The second kappa shape index (κ2) is 10.4. The molecule has 0 bridgehead atoms. The third-order valence-electron chi connectivity index (χ3n) is 5.91. The van der Waals surface area contributed by atoms with Gasteiger partial charge >= 0.3 is 0 Å². The van der Waals surface area contributed by atoms with Crippen LogP contribution in [0.5, 0.6) is 11.5 Å². The molecule has 0 unspecified atom stereocenters. The van der Waals surface area contributed by atoms with Crippen molar-refractivity contribution < 1.29 is 24.5 Å². The lowest BCUT2D eigenvalue weighted by molar-refractivity contribution is -0.140. The number of likely N-dealkylation sites (tertiary alicyclic amines) is 1. The number of phenolic OH excluding ortho intramolecular Hbond substituents is 1. The topological polar surface area (TPSA) is 90.3 Å². The normalized spacial score (nSPS) is 17.2. The Kier molecular flexibility index (Phi) is 7.17. The summed E-state index contributed by atoms with van der Waals surface area (Å²) in [6, 6.07) is 22.1. The van der Waals surface area contributed by atoms with Crippen molar-refractivity contribution in [2.24, 2.45) is 0 Å². The summed E-state index contributed by atoms with van der Waals surface area (Å²) in [6.07, 6.45) is 0. The van der Waals surface area contributed by atoms with E-state index in [4.69, 9.17) is 4.74 Å². The Morgan fingerprint density at radius 3 is 2.23 bits per heavy atom. The molecule has 3 aromatic carbocycles. The molecule has 0 spiro atoms. The van der Waals surface area contributed by atoms with Gasteiger partial charge in [-0.15, -0.1) is 0 Å². The van der Waals surface area contributed by atoms with Gasteiger partial charge in [-0.3, -0.25) is 9.59 Å². The van der Waals surface area contributed by atoms with Crippen LogP contribution in [-0.4, -0.2) is 58.9 Å². The Balaban J connectivity index is 1.65. The van der Waals surface area contributed by atoms with Gasteiger partial charge in [0.25, 0.3) is 11.7 Å². The number of hydrogen-bond acceptors (Lipinski definition) is 6. The number of ether oxygens (including phenoxy) is 1. The molecule has 1 amide bonds. The number of Topliss-reactive ketones (excluding diaryl/α,β-unsaturated/α-hetero) is 1. The minimum atomic E-state index is -0.760. The smallest absolute Gasteiger partial charge is 0.295 e. The zero-order valence-electron chi connectivity index (χ0n) is 19.7. The van der Waals surface area contributed by atoms with Crippen LogP contribution in [0, 0.1) is 0 Å². The molecule has 0 saturated carbocycles. The molecule has 1 heterocycles. The molecule has 0 aromatic heterocycles. The van der Waals surface area contributed by atoms with E-state index in [2.05, 4.69) is 0 Å². The van der Waals surface area contributed by atoms with Crippen molar-refractivity contribution in [1.82, 2.24) is 9.80 Å². The average molecular weight is 473 g/mol. The molecule has 1 aliphatic heterocycles. The highest BCUT2D eigenvalue weighted by Crippen LogP contribution is 2.39. The van der Waals surface area contributed by atoms with Gasteiger partial charge in [-0.25, -0.2) is 0 Å². The first-order valence-corrected chi connectivity index (χ1v) is 11.3. The number of nitrogens with zero attached hydrogens (tertiary/aromatic N) is 2. The Morgan fingerprint density at radius 1 is 0.943 bits per heavy atom. The Morgan fingerprint density at radius 2 is 1.60 bits per heavy atom. The number of aliphatic hydroxyl groups is 1. The largest absolute Gasteiger partial charge is 0.508 e. The number of amides is 1. The van der Waals surface area contributed by atoms with Gasteiger partial charge in [0.2, 0.25) is 0 Å². The van der Waals surface area contributed by atoms with Crippen molar-refractivity contribution in [2.45, 2.75) is 12.6 Å². The summed E-state index contributed by atoms with van der Waals surface area (Å²) >= 11 is 0. The van der Waals surface area contributed by atoms with E-state index in [0.717, 1.165) is 5.56 Å². The summed E-state index contributed by atoms with van der Waals surface area (Å²) in [5.74, 6) is -0.946. The SMILES string of the molecule is CN(C)CCN1C(=O)C(=O)/C(=C(/O)c2ccc(OCc3ccccc3)cc2)[C@@H]1c1ccc(O)cc1. The third-order valence-corrected chi connectivity index (χ3v) is 5.91. The number of aliphatic hydroxyl groups excluding tert-OH is 1. The van der Waals surface area contributed by atoms with Crippen LogP contribution >= 0.6 is 0 Å². The van der Waals surface area contributed by atoms with Crippen LogP contribution in [0.4, 0.5) is 0 Å². The zero-order valence-corrected chi connectivity index (χ0v) is 19.7. The Bertz CT molecular complexity index is 1220. The fraction of sp³-hybridized carbons (Fsp3) is 0.214. The minimum absolute atomic E-state index is 0.0254. The molecule has 7 nitrogen and oxygen atoms in total. The van der Waals surface area contributed by atoms with Crippen molar-refractivity contribution in [3.05, 3.63) is 101 Å². The van der Waals surface area contributed by atoms with Crippen LogP contribution in [0.2, 0.25) is 0 Å². The molecular weight excluding hydrogens is 444 g/mol. The minimum Gasteiger partial charge on any atom is -0.508 e. The summed E-state index contributed by atoms with van der Waals surface area (Å²) in [6.45, 7) is 1.27. The summed E-state index contributed by atoms with van der Waals surface area (Å²) in [4.78, 5) is 29.4. The summed E-state index contributed by atoms with van der Waals surface area (Å²) in [7, 11) is 3.77. The maximum absolute atomic E-state index is 13.1. The number of carbonyl (C=O) groups excluding carboxylic acids is 2. The van der Waals surface area contributed by atoms with Gasteiger partial charge < -0.3 is 24.7 Å². The van der Waals surface area contributed by atoms with E-state index in [1.165, 1.54) is 17.0 Å². The molecule has 0 radical (unpaired) electrons. The van der Waals surface area contributed by atoms with E-state index in [-0.39, 0.29) is 17.1 Å². The second-order valence-corrected chi connectivity index (χ2v) is 8.69. The molecule has 1 fully saturated rings. The first-order chi connectivity index (χ1) is 16.8. The highest BCUT2D eigenvalue weighted by Gasteiger charge is 2.45. The predicted molar refractivity (Wildman–Crippen MR) is 133 cm³/mol. The van der Waals surface area contributed by atoms with E-state index < -0.39 is 17.7 Å². The molecule has 4 rings (SSSR count). The molecule has 1 aliphatic rings. The lowest BCUT2D eigenvalue weighted by Gasteiger charge is -2.26. The number of carbonyl (C=O) groups is 2. The monoisotopic (exact) mass is 472 g/mol. The first kappa shape index (κ1) is 24.0. The molecule has 2 N–H and O–H groups in total. The van der Waals surface area contributed by atoms with Crippen molar-refractivity contribution in [3.8, 4) is 11.5 Å². The summed E-state index contributed by atoms with van der Waals surface area (Å²) in [5, 5.41) is 20.9. The Labute approximate surface area is 204 Å². The fourth-order valence-electron chi connectivity index (χ4n) is 4.03. The maximum Gasteiger partial charge on any atom is 0.295 e. The van der Waals surface area contributed by atoms with Crippen LogP contribution in [0.3, 0.4) is 0 Å². The third kappa shape index (κ3) is 5.36. The number of likely N-dealkylation sites (N-methyl/N-ethyl adjacent to an activating group) is 1. The molecule has 1 saturated heterocycles. The van der Waals surface area contributed by atoms with Gasteiger partial charge in [0, 0.05) is 18.7 Å². The van der Waals surface area contributed by atoms with Crippen molar-refractivity contribution in [1.29, 1.82) is 0 Å². The average Bonchev–Trinajstić information content (AvgIpc) is 3.12. The number of phenols is 1. The highest BCUT2D eigenvalue weighted by molar-refractivity contribution is 6.46. The van der Waals surface area contributed by atoms with Gasteiger partial charge in [0.15, 0.2) is 0 Å². The molecule has 180 valence electrons. The quantitative estimate of drug-likeness (QED) is 0.293. The number of benzene rings is 3. The molecule has 3 aromatic rings. The fourth-order valence-corrected chi connectivity index (χ4v) is 4.03. The lowest BCUT2D eigenvalue weighted by atomic mass is 9.95.